The molecule has 0 saturated carbocycles. The van der Waals surface area contributed by atoms with Crippen LogP contribution in [0.2, 0.25) is 0 Å². The zero-order chi connectivity index (χ0) is 15.3. The maximum atomic E-state index is 12.4. The van der Waals surface area contributed by atoms with Gasteiger partial charge in [-0.2, -0.15) is 0 Å². The highest BCUT2D eigenvalue weighted by Crippen LogP contribution is 2.34. The molecule has 0 bridgehead atoms. The Bertz CT molecular complexity index is 1080. The predicted molar refractivity (Wildman–Crippen MR) is 83.9 cm³/mol. The van der Waals surface area contributed by atoms with Crippen molar-refractivity contribution in [2.24, 2.45) is 0 Å². The van der Waals surface area contributed by atoms with Gasteiger partial charge in [0, 0.05) is 23.2 Å². The van der Waals surface area contributed by atoms with Gasteiger partial charge < -0.3 is 18.9 Å². The van der Waals surface area contributed by atoms with Crippen LogP contribution >= 0.6 is 0 Å². The highest BCUT2D eigenvalue weighted by atomic mass is 16.5. The lowest BCUT2D eigenvalue weighted by molar-refractivity contribution is 0.356. The first kappa shape index (κ1) is 12.7. The quantitative estimate of drug-likeness (QED) is 0.616. The second kappa shape index (κ2) is 4.49. The largest absolute Gasteiger partial charge is 0.493 e. The summed E-state index contributed by atoms with van der Waals surface area (Å²) in [7, 11) is 3.16. The molecule has 3 aromatic heterocycles. The third-order valence-corrected chi connectivity index (χ3v) is 3.81. The first-order chi connectivity index (χ1) is 10.7. The summed E-state index contributed by atoms with van der Waals surface area (Å²) in [6.45, 7) is 0. The number of benzene rings is 1. The molecule has 0 amide bonds. The molecule has 0 radical (unpaired) electrons. The molecule has 0 aliphatic rings. The van der Waals surface area contributed by atoms with Gasteiger partial charge in [0.15, 0.2) is 17.1 Å². The number of aromatic amines is 1. The van der Waals surface area contributed by atoms with Crippen LogP contribution in [0.1, 0.15) is 0 Å². The minimum atomic E-state index is -0.187. The van der Waals surface area contributed by atoms with Gasteiger partial charge in [-0.3, -0.25) is 4.79 Å². The molecule has 22 heavy (non-hydrogen) atoms. The fourth-order valence-corrected chi connectivity index (χ4v) is 2.82. The van der Waals surface area contributed by atoms with E-state index >= 15 is 0 Å². The number of H-pyrrole nitrogens is 1. The molecule has 4 rings (SSSR count). The Kier molecular flexibility index (Phi) is 2.59. The summed E-state index contributed by atoms with van der Waals surface area (Å²) in [4.78, 5) is 19.5. The fraction of sp³-hybridized carbons (Fsp3) is 0.125. The molecule has 0 aliphatic heterocycles. The monoisotopic (exact) mass is 295 g/mol. The minimum absolute atomic E-state index is 0.187. The van der Waals surface area contributed by atoms with E-state index in [0.29, 0.717) is 22.7 Å². The molecule has 1 aromatic carbocycles. The van der Waals surface area contributed by atoms with Crippen molar-refractivity contribution >= 4 is 27.5 Å². The molecule has 0 aliphatic carbocycles. The van der Waals surface area contributed by atoms with E-state index in [4.69, 9.17) is 9.47 Å². The highest BCUT2D eigenvalue weighted by molar-refractivity contribution is 6.01. The predicted octanol–water partition coefficient (Wildman–Crippen LogP) is 2.35. The Hall–Kier alpha value is -3.02. The number of pyridine rings is 1. The van der Waals surface area contributed by atoms with Crippen molar-refractivity contribution in [3.05, 3.63) is 47.0 Å². The van der Waals surface area contributed by atoms with Gasteiger partial charge in [-0.1, -0.05) is 0 Å². The second-order valence-corrected chi connectivity index (χ2v) is 4.97. The summed E-state index contributed by atoms with van der Waals surface area (Å²) in [6, 6.07) is 7.44. The van der Waals surface area contributed by atoms with E-state index in [1.807, 2.05) is 34.9 Å². The van der Waals surface area contributed by atoms with Crippen LogP contribution < -0.4 is 15.0 Å². The van der Waals surface area contributed by atoms with Crippen molar-refractivity contribution in [3.8, 4) is 11.5 Å². The summed E-state index contributed by atoms with van der Waals surface area (Å²) in [6.07, 6.45) is 3.56. The molecule has 6 nitrogen and oxygen atoms in total. The lowest BCUT2D eigenvalue weighted by atomic mass is 10.2. The van der Waals surface area contributed by atoms with Crippen LogP contribution in [0.3, 0.4) is 0 Å². The molecule has 6 heteroatoms. The molecule has 0 unspecified atom stereocenters. The molecule has 3 heterocycles. The van der Waals surface area contributed by atoms with Crippen LogP contribution in [0.4, 0.5) is 0 Å². The van der Waals surface area contributed by atoms with Gasteiger partial charge in [0.1, 0.15) is 5.52 Å². The SMILES string of the molecule is COc1cc2cn3c4cccnc4[nH]c(=O)c3c2cc1OC. The lowest BCUT2D eigenvalue weighted by Gasteiger charge is -2.07. The van der Waals surface area contributed by atoms with E-state index < -0.39 is 0 Å². The van der Waals surface area contributed by atoms with Crippen molar-refractivity contribution in [3.63, 3.8) is 0 Å². The number of fused-ring (bicyclic) bond motifs is 5. The van der Waals surface area contributed by atoms with E-state index in [1.165, 1.54) is 0 Å². The third kappa shape index (κ3) is 1.60. The van der Waals surface area contributed by atoms with Crippen LogP contribution in [-0.4, -0.2) is 28.6 Å². The Morgan fingerprint density at radius 1 is 1.18 bits per heavy atom. The standard InChI is InChI=1S/C16H13N3O3/c1-21-12-6-9-8-19-11-4-3-5-17-15(11)18-16(20)14(19)10(9)7-13(12)22-2/h3-8H,1-2H3,(H,17,18,20). The molecule has 0 fully saturated rings. The maximum Gasteiger partial charge on any atom is 0.274 e. The summed E-state index contributed by atoms with van der Waals surface area (Å²) in [5.74, 6) is 1.22. The Balaban J connectivity index is 2.25. The molecule has 0 spiro atoms. The van der Waals surface area contributed by atoms with Crippen LogP contribution in [0.5, 0.6) is 11.5 Å². The average molecular weight is 295 g/mol. The molecule has 1 N–H and O–H groups in total. The normalized spacial score (nSPS) is 11.4. The van der Waals surface area contributed by atoms with E-state index in [0.717, 1.165) is 16.3 Å². The molecule has 0 saturated heterocycles. The number of nitrogens with zero attached hydrogens (tertiary/aromatic N) is 2. The van der Waals surface area contributed by atoms with Crippen molar-refractivity contribution in [1.29, 1.82) is 0 Å². The number of rotatable bonds is 2. The number of nitrogens with one attached hydrogen (secondary N) is 1. The molecular weight excluding hydrogens is 282 g/mol. The van der Waals surface area contributed by atoms with Gasteiger partial charge in [0.25, 0.3) is 5.56 Å². The highest BCUT2D eigenvalue weighted by Gasteiger charge is 2.14. The van der Waals surface area contributed by atoms with Gasteiger partial charge in [0.05, 0.1) is 19.7 Å². The minimum Gasteiger partial charge on any atom is -0.493 e. The number of methoxy groups -OCH3 is 2. The summed E-state index contributed by atoms with van der Waals surface area (Å²) >= 11 is 0. The zero-order valence-electron chi connectivity index (χ0n) is 12.1. The first-order valence-electron chi connectivity index (χ1n) is 6.76. The number of hydrogen-bond donors (Lipinski definition) is 1. The summed E-state index contributed by atoms with van der Waals surface area (Å²) < 4.78 is 12.5. The van der Waals surface area contributed by atoms with Gasteiger partial charge in [-0.25, -0.2) is 4.98 Å². The van der Waals surface area contributed by atoms with Crippen LogP contribution in [-0.2, 0) is 0 Å². The Labute approximate surface area is 124 Å². The van der Waals surface area contributed by atoms with E-state index in [9.17, 15) is 4.79 Å². The van der Waals surface area contributed by atoms with Crippen LogP contribution in [0.25, 0.3) is 27.5 Å². The Morgan fingerprint density at radius 3 is 2.73 bits per heavy atom. The Morgan fingerprint density at radius 2 is 1.95 bits per heavy atom. The van der Waals surface area contributed by atoms with Gasteiger partial charge in [-0.05, 0) is 24.3 Å². The summed E-state index contributed by atoms with van der Waals surface area (Å²) in [5.41, 5.74) is 1.77. The molecule has 0 atom stereocenters. The maximum absolute atomic E-state index is 12.4. The molecular formula is C16H13N3O3. The van der Waals surface area contributed by atoms with Crippen molar-refractivity contribution in [2.45, 2.75) is 0 Å². The van der Waals surface area contributed by atoms with Gasteiger partial charge in [-0.15, -0.1) is 0 Å². The topological polar surface area (TPSA) is 68.6 Å². The van der Waals surface area contributed by atoms with E-state index in [1.54, 1.807) is 20.4 Å². The van der Waals surface area contributed by atoms with Crippen LogP contribution in [0, 0.1) is 0 Å². The summed E-state index contributed by atoms with van der Waals surface area (Å²) in [5, 5.41) is 1.71. The van der Waals surface area contributed by atoms with Crippen molar-refractivity contribution < 1.29 is 9.47 Å². The van der Waals surface area contributed by atoms with Gasteiger partial charge in [0.2, 0.25) is 0 Å². The first-order valence-corrected chi connectivity index (χ1v) is 6.76. The van der Waals surface area contributed by atoms with E-state index in [2.05, 4.69) is 9.97 Å². The number of ether oxygens (including phenoxy) is 2. The number of aromatic nitrogens is 3. The molecule has 110 valence electrons. The zero-order valence-corrected chi connectivity index (χ0v) is 12.1. The third-order valence-electron chi connectivity index (χ3n) is 3.81. The number of hydrogen-bond acceptors (Lipinski definition) is 4. The van der Waals surface area contributed by atoms with Crippen molar-refractivity contribution in [1.82, 2.24) is 14.4 Å². The fourth-order valence-electron chi connectivity index (χ4n) is 2.82. The van der Waals surface area contributed by atoms with E-state index in [-0.39, 0.29) is 5.56 Å². The molecule has 4 aromatic rings. The average Bonchev–Trinajstić information content (AvgIpc) is 2.92. The van der Waals surface area contributed by atoms with Crippen LogP contribution in [0.15, 0.2) is 41.5 Å². The second-order valence-electron chi connectivity index (χ2n) is 4.97. The smallest absolute Gasteiger partial charge is 0.274 e. The van der Waals surface area contributed by atoms with Gasteiger partial charge >= 0.3 is 0 Å². The van der Waals surface area contributed by atoms with Crippen molar-refractivity contribution in [2.75, 3.05) is 14.2 Å². The lowest BCUT2D eigenvalue weighted by Crippen LogP contribution is -2.10.